The minimum Gasteiger partial charge on any atom is -0.320 e. The monoisotopic (exact) mass is 306 g/mol. The SMILES string of the molecule is NCC#Cc1ccccc1CNS(=O)(=O)C1CCCCC1. The van der Waals surface area contributed by atoms with Crippen LogP contribution >= 0.6 is 0 Å². The van der Waals surface area contributed by atoms with E-state index in [-0.39, 0.29) is 11.8 Å². The Morgan fingerprint density at radius 1 is 1.19 bits per heavy atom. The minimum absolute atomic E-state index is 0.242. The number of hydrogen-bond donors (Lipinski definition) is 2. The fourth-order valence-electron chi connectivity index (χ4n) is 2.61. The van der Waals surface area contributed by atoms with E-state index < -0.39 is 10.0 Å². The molecule has 1 fully saturated rings. The Morgan fingerprint density at radius 2 is 1.90 bits per heavy atom. The van der Waals surface area contributed by atoms with E-state index in [4.69, 9.17) is 5.73 Å². The van der Waals surface area contributed by atoms with E-state index in [1.807, 2.05) is 24.3 Å². The highest BCUT2D eigenvalue weighted by molar-refractivity contribution is 7.90. The van der Waals surface area contributed by atoms with Crippen LogP contribution in [0.5, 0.6) is 0 Å². The summed E-state index contributed by atoms with van der Waals surface area (Å²) in [7, 11) is -3.24. The van der Waals surface area contributed by atoms with Gasteiger partial charge in [0.15, 0.2) is 0 Å². The summed E-state index contributed by atoms with van der Waals surface area (Å²) in [5.74, 6) is 5.78. The standard InChI is InChI=1S/C16H22N2O2S/c17-12-6-9-14-7-4-5-8-15(14)13-18-21(19,20)16-10-2-1-3-11-16/h4-5,7-8,16,18H,1-3,10-13,17H2. The van der Waals surface area contributed by atoms with Gasteiger partial charge in [0.1, 0.15) is 0 Å². The summed E-state index contributed by atoms with van der Waals surface area (Å²) in [6, 6.07) is 7.55. The molecule has 1 aliphatic rings. The van der Waals surface area contributed by atoms with Crippen LogP contribution in [0.25, 0.3) is 0 Å². The van der Waals surface area contributed by atoms with E-state index in [1.165, 1.54) is 0 Å². The maximum absolute atomic E-state index is 12.3. The Bertz CT molecular complexity index is 623. The molecular weight excluding hydrogens is 284 g/mol. The average molecular weight is 306 g/mol. The lowest BCUT2D eigenvalue weighted by Crippen LogP contribution is -2.35. The van der Waals surface area contributed by atoms with Crippen molar-refractivity contribution < 1.29 is 8.42 Å². The Morgan fingerprint density at radius 3 is 2.62 bits per heavy atom. The minimum atomic E-state index is -3.24. The van der Waals surface area contributed by atoms with Crippen molar-refractivity contribution in [3.05, 3.63) is 35.4 Å². The molecule has 0 unspecified atom stereocenters. The van der Waals surface area contributed by atoms with Gasteiger partial charge in [0, 0.05) is 12.1 Å². The second kappa shape index (κ2) is 7.60. The summed E-state index contributed by atoms with van der Waals surface area (Å²) in [5.41, 5.74) is 7.10. The molecule has 0 heterocycles. The maximum Gasteiger partial charge on any atom is 0.214 e. The quantitative estimate of drug-likeness (QED) is 0.832. The maximum atomic E-state index is 12.3. The zero-order valence-electron chi connectivity index (χ0n) is 12.1. The van der Waals surface area contributed by atoms with Crippen LogP contribution in [0.2, 0.25) is 0 Å². The van der Waals surface area contributed by atoms with Crippen LogP contribution in [-0.2, 0) is 16.6 Å². The fourth-order valence-corrected chi connectivity index (χ4v) is 4.16. The molecule has 3 N–H and O–H groups in total. The summed E-state index contributed by atoms with van der Waals surface area (Å²) < 4.78 is 27.4. The topological polar surface area (TPSA) is 72.2 Å². The van der Waals surface area contributed by atoms with Crippen molar-refractivity contribution in [3.63, 3.8) is 0 Å². The first-order valence-electron chi connectivity index (χ1n) is 7.39. The Hall–Kier alpha value is -1.35. The molecule has 0 bridgehead atoms. The zero-order chi connectivity index (χ0) is 15.1. The normalized spacial score (nSPS) is 16.2. The summed E-state index contributed by atoms with van der Waals surface area (Å²) >= 11 is 0. The molecule has 114 valence electrons. The van der Waals surface area contributed by atoms with Crippen LogP contribution in [0, 0.1) is 11.8 Å². The van der Waals surface area contributed by atoms with Gasteiger partial charge in [-0.1, -0.05) is 49.3 Å². The van der Waals surface area contributed by atoms with Gasteiger partial charge in [0.05, 0.1) is 11.8 Å². The molecule has 21 heavy (non-hydrogen) atoms. The molecule has 0 radical (unpaired) electrons. The lowest BCUT2D eigenvalue weighted by Gasteiger charge is -2.22. The van der Waals surface area contributed by atoms with Crippen LogP contribution in [-0.4, -0.2) is 20.2 Å². The van der Waals surface area contributed by atoms with Gasteiger partial charge in [-0.15, -0.1) is 0 Å². The molecule has 0 atom stereocenters. The second-order valence-corrected chi connectivity index (χ2v) is 7.33. The second-order valence-electron chi connectivity index (χ2n) is 5.29. The molecular formula is C16H22N2O2S. The van der Waals surface area contributed by atoms with Gasteiger partial charge >= 0.3 is 0 Å². The third-order valence-electron chi connectivity index (χ3n) is 3.80. The molecule has 1 aliphatic carbocycles. The Kier molecular flexibility index (Phi) is 5.80. The van der Waals surface area contributed by atoms with E-state index >= 15 is 0 Å². The molecule has 0 aromatic heterocycles. The van der Waals surface area contributed by atoms with Gasteiger partial charge < -0.3 is 5.73 Å². The van der Waals surface area contributed by atoms with Gasteiger partial charge in [-0.2, -0.15) is 0 Å². The molecule has 1 saturated carbocycles. The number of nitrogens with one attached hydrogen (secondary N) is 1. The number of benzene rings is 1. The van der Waals surface area contributed by atoms with Crippen molar-refractivity contribution in [2.24, 2.45) is 5.73 Å². The highest BCUT2D eigenvalue weighted by Crippen LogP contribution is 2.23. The number of hydrogen-bond acceptors (Lipinski definition) is 3. The van der Waals surface area contributed by atoms with Gasteiger partial charge in [-0.3, -0.25) is 0 Å². The number of rotatable bonds is 4. The molecule has 4 nitrogen and oxygen atoms in total. The molecule has 1 aromatic rings. The summed E-state index contributed by atoms with van der Waals surface area (Å²) in [6.45, 7) is 0.580. The van der Waals surface area contributed by atoms with Gasteiger partial charge in [-0.05, 0) is 24.5 Å². The lowest BCUT2D eigenvalue weighted by atomic mass is 10.0. The lowest BCUT2D eigenvalue weighted by molar-refractivity contribution is 0.477. The van der Waals surface area contributed by atoms with Crippen LogP contribution in [0.3, 0.4) is 0 Å². The van der Waals surface area contributed by atoms with E-state index in [1.54, 1.807) is 0 Å². The summed E-state index contributed by atoms with van der Waals surface area (Å²) in [5, 5.41) is -0.242. The predicted molar refractivity (Wildman–Crippen MR) is 85.0 cm³/mol. The van der Waals surface area contributed by atoms with Crippen molar-refractivity contribution in [2.75, 3.05) is 6.54 Å². The van der Waals surface area contributed by atoms with E-state index in [9.17, 15) is 8.42 Å². The van der Waals surface area contributed by atoms with Crippen molar-refractivity contribution in [1.29, 1.82) is 0 Å². The van der Waals surface area contributed by atoms with Crippen LogP contribution in [0.1, 0.15) is 43.2 Å². The first kappa shape index (κ1) is 16.0. The largest absolute Gasteiger partial charge is 0.320 e. The van der Waals surface area contributed by atoms with Crippen molar-refractivity contribution in [1.82, 2.24) is 4.72 Å². The average Bonchev–Trinajstić information content (AvgIpc) is 2.52. The highest BCUT2D eigenvalue weighted by atomic mass is 32.2. The van der Waals surface area contributed by atoms with Crippen molar-refractivity contribution in [2.45, 2.75) is 43.9 Å². The first-order chi connectivity index (χ1) is 10.1. The van der Waals surface area contributed by atoms with Crippen LogP contribution in [0.15, 0.2) is 24.3 Å². The van der Waals surface area contributed by atoms with Gasteiger partial charge in [0.2, 0.25) is 10.0 Å². The molecule has 0 amide bonds. The van der Waals surface area contributed by atoms with Crippen molar-refractivity contribution >= 4 is 10.0 Å². The fraction of sp³-hybridized carbons (Fsp3) is 0.500. The van der Waals surface area contributed by atoms with Crippen LogP contribution < -0.4 is 10.5 Å². The molecule has 0 spiro atoms. The number of sulfonamides is 1. The third kappa shape index (κ3) is 4.57. The molecule has 0 saturated heterocycles. The molecule has 1 aromatic carbocycles. The highest BCUT2D eigenvalue weighted by Gasteiger charge is 2.26. The van der Waals surface area contributed by atoms with Gasteiger partial charge in [-0.25, -0.2) is 13.1 Å². The van der Waals surface area contributed by atoms with Crippen molar-refractivity contribution in [3.8, 4) is 11.8 Å². The third-order valence-corrected chi connectivity index (χ3v) is 5.69. The smallest absolute Gasteiger partial charge is 0.214 e. The summed E-state index contributed by atoms with van der Waals surface area (Å²) in [6.07, 6.45) is 4.69. The first-order valence-corrected chi connectivity index (χ1v) is 8.93. The van der Waals surface area contributed by atoms with Crippen LogP contribution in [0.4, 0.5) is 0 Å². The summed E-state index contributed by atoms with van der Waals surface area (Å²) in [4.78, 5) is 0. The van der Waals surface area contributed by atoms with E-state index in [0.29, 0.717) is 6.54 Å². The Balaban J connectivity index is 2.05. The molecule has 0 aliphatic heterocycles. The number of nitrogens with two attached hydrogens (primary N) is 1. The predicted octanol–water partition coefficient (Wildman–Crippen LogP) is 1.75. The van der Waals surface area contributed by atoms with E-state index in [0.717, 1.165) is 43.2 Å². The molecule has 2 rings (SSSR count). The van der Waals surface area contributed by atoms with E-state index in [2.05, 4.69) is 16.6 Å². The zero-order valence-corrected chi connectivity index (χ0v) is 13.0. The Labute approximate surface area is 127 Å². The van der Waals surface area contributed by atoms with Gasteiger partial charge in [0.25, 0.3) is 0 Å². The molecule has 5 heteroatoms.